The molecular weight excluding hydrogens is 514 g/mol. The van der Waals surface area contributed by atoms with Gasteiger partial charge in [0.2, 0.25) is 5.91 Å². The van der Waals surface area contributed by atoms with E-state index in [1.165, 1.54) is 0 Å². The molecule has 3 aromatic rings. The van der Waals surface area contributed by atoms with Gasteiger partial charge in [0.15, 0.2) is 6.04 Å². The molecule has 206 valence electrons. The third kappa shape index (κ3) is 8.38. The molecule has 3 aromatic carbocycles. The standard InChI is InChI=1S/C30H29N3O7/c1-3-38-30(37)25(18-39-28(35)22-7-5-4-6-8-22)33-27(34)19(2)17-20-9-11-23(12-10-20)29(36)40-24-15-13-21(14-16-24)26(31)32/h4-17,25H,3,18H2,1-2H3,(H3,31,32)(H,33,34)/b19-17+/t25-/m0/s1. The largest absolute Gasteiger partial charge is 0.464 e. The second-order valence-electron chi connectivity index (χ2n) is 8.52. The van der Waals surface area contributed by atoms with Gasteiger partial charge in [0.05, 0.1) is 17.7 Å². The molecule has 0 bridgehead atoms. The average Bonchev–Trinajstić information content (AvgIpc) is 2.96. The minimum absolute atomic E-state index is 0.0885. The molecule has 0 saturated heterocycles. The van der Waals surface area contributed by atoms with Crippen LogP contribution < -0.4 is 15.8 Å². The molecule has 0 aliphatic carbocycles. The van der Waals surface area contributed by atoms with E-state index in [9.17, 15) is 19.2 Å². The fourth-order valence-electron chi connectivity index (χ4n) is 3.40. The van der Waals surface area contributed by atoms with Crippen molar-refractivity contribution in [2.24, 2.45) is 5.73 Å². The molecule has 0 heterocycles. The lowest BCUT2D eigenvalue weighted by Crippen LogP contribution is -2.45. The first-order valence-corrected chi connectivity index (χ1v) is 12.3. The monoisotopic (exact) mass is 543 g/mol. The predicted molar refractivity (Wildman–Crippen MR) is 148 cm³/mol. The van der Waals surface area contributed by atoms with E-state index in [0.29, 0.717) is 22.4 Å². The van der Waals surface area contributed by atoms with Crippen molar-refractivity contribution < 1.29 is 33.4 Å². The van der Waals surface area contributed by atoms with Crippen LogP contribution in [0.4, 0.5) is 0 Å². The number of carbonyl (C=O) groups excluding carboxylic acids is 4. The Bertz CT molecular complexity index is 1400. The molecule has 0 aliphatic heterocycles. The number of hydrogen-bond donors (Lipinski definition) is 3. The third-order valence-corrected chi connectivity index (χ3v) is 5.53. The number of benzene rings is 3. The third-order valence-electron chi connectivity index (χ3n) is 5.53. The Hall–Kier alpha value is -5.25. The van der Waals surface area contributed by atoms with Crippen molar-refractivity contribution in [1.29, 1.82) is 5.41 Å². The summed E-state index contributed by atoms with van der Waals surface area (Å²) >= 11 is 0. The molecule has 1 atom stereocenters. The van der Waals surface area contributed by atoms with E-state index in [1.807, 2.05) is 0 Å². The quantitative estimate of drug-likeness (QED) is 0.109. The molecule has 0 fully saturated rings. The summed E-state index contributed by atoms with van der Waals surface area (Å²) in [5.41, 5.74) is 7.43. The van der Waals surface area contributed by atoms with Gasteiger partial charge in [0.25, 0.3) is 0 Å². The van der Waals surface area contributed by atoms with Crippen LogP contribution in [0.15, 0.2) is 84.4 Å². The molecule has 1 amide bonds. The molecular formula is C30H29N3O7. The Kier molecular flexibility index (Phi) is 10.3. The lowest BCUT2D eigenvalue weighted by Gasteiger charge is -2.17. The summed E-state index contributed by atoms with van der Waals surface area (Å²) in [5.74, 6) is -2.30. The van der Waals surface area contributed by atoms with Crippen LogP contribution in [0.3, 0.4) is 0 Å². The summed E-state index contributed by atoms with van der Waals surface area (Å²) in [7, 11) is 0. The maximum Gasteiger partial charge on any atom is 0.343 e. The van der Waals surface area contributed by atoms with Crippen molar-refractivity contribution in [2.45, 2.75) is 19.9 Å². The number of rotatable bonds is 11. The highest BCUT2D eigenvalue weighted by molar-refractivity contribution is 6.00. The van der Waals surface area contributed by atoms with Crippen molar-refractivity contribution in [3.8, 4) is 5.75 Å². The topological polar surface area (TPSA) is 158 Å². The fourth-order valence-corrected chi connectivity index (χ4v) is 3.40. The smallest absolute Gasteiger partial charge is 0.343 e. The van der Waals surface area contributed by atoms with Crippen molar-refractivity contribution in [3.63, 3.8) is 0 Å². The normalized spacial score (nSPS) is 11.6. The van der Waals surface area contributed by atoms with Gasteiger partial charge < -0.3 is 25.3 Å². The Morgan fingerprint density at radius 1 is 0.850 bits per heavy atom. The molecule has 40 heavy (non-hydrogen) atoms. The number of nitrogen functional groups attached to an aromatic ring is 1. The van der Waals surface area contributed by atoms with E-state index in [0.717, 1.165) is 0 Å². The SMILES string of the molecule is CCOC(=O)[C@H](COC(=O)c1ccccc1)NC(=O)/C(C)=C/c1ccc(C(=O)Oc2ccc(C(=N)N)cc2)cc1. The zero-order valence-electron chi connectivity index (χ0n) is 22.0. The van der Waals surface area contributed by atoms with E-state index in [1.54, 1.807) is 98.8 Å². The van der Waals surface area contributed by atoms with E-state index >= 15 is 0 Å². The molecule has 3 rings (SSSR count). The highest BCUT2D eigenvalue weighted by Gasteiger charge is 2.25. The maximum atomic E-state index is 12.8. The van der Waals surface area contributed by atoms with Gasteiger partial charge in [-0.05, 0) is 74.0 Å². The van der Waals surface area contributed by atoms with Gasteiger partial charge in [-0.15, -0.1) is 0 Å². The van der Waals surface area contributed by atoms with Crippen LogP contribution in [0.2, 0.25) is 0 Å². The van der Waals surface area contributed by atoms with E-state index < -0.39 is 36.5 Å². The zero-order valence-corrected chi connectivity index (χ0v) is 22.0. The first-order valence-electron chi connectivity index (χ1n) is 12.3. The van der Waals surface area contributed by atoms with Gasteiger partial charge in [0.1, 0.15) is 18.2 Å². The first-order chi connectivity index (χ1) is 19.2. The van der Waals surface area contributed by atoms with Crippen molar-refractivity contribution in [3.05, 3.63) is 107 Å². The van der Waals surface area contributed by atoms with Crippen LogP contribution in [0.25, 0.3) is 6.08 Å². The predicted octanol–water partition coefficient (Wildman–Crippen LogP) is 3.50. The highest BCUT2D eigenvalue weighted by atomic mass is 16.6. The average molecular weight is 544 g/mol. The number of nitrogens with one attached hydrogen (secondary N) is 2. The lowest BCUT2D eigenvalue weighted by molar-refractivity contribution is -0.148. The Morgan fingerprint density at radius 3 is 2.05 bits per heavy atom. The first kappa shape index (κ1) is 29.3. The van der Waals surface area contributed by atoms with E-state index in [-0.39, 0.29) is 23.6 Å². The summed E-state index contributed by atoms with van der Waals surface area (Å²) < 4.78 is 15.6. The highest BCUT2D eigenvalue weighted by Crippen LogP contribution is 2.16. The second kappa shape index (κ2) is 14.1. The van der Waals surface area contributed by atoms with Crippen LogP contribution in [-0.4, -0.2) is 48.9 Å². The van der Waals surface area contributed by atoms with Gasteiger partial charge in [-0.2, -0.15) is 0 Å². The summed E-state index contributed by atoms with van der Waals surface area (Å²) in [6.07, 6.45) is 1.57. The van der Waals surface area contributed by atoms with Crippen molar-refractivity contribution in [1.82, 2.24) is 5.32 Å². The van der Waals surface area contributed by atoms with Gasteiger partial charge in [0, 0.05) is 11.1 Å². The van der Waals surface area contributed by atoms with Crippen LogP contribution in [0, 0.1) is 5.41 Å². The molecule has 4 N–H and O–H groups in total. The van der Waals surface area contributed by atoms with Crippen molar-refractivity contribution in [2.75, 3.05) is 13.2 Å². The summed E-state index contributed by atoms with van der Waals surface area (Å²) in [6.45, 7) is 2.87. The van der Waals surface area contributed by atoms with Crippen LogP contribution >= 0.6 is 0 Å². The molecule has 0 saturated carbocycles. The van der Waals surface area contributed by atoms with Crippen LogP contribution in [-0.2, 0) is 19.1 Å². The fraction of sp³-hybridized carbons (Fsp3) is 0.167. The summed E-state index contributed by atoms with van der Waals surface area (Å²) in [6, 6.07) is 19.7. The van der Waals surface area contributed by atoms with Gasteiger partial charge >= 0.3 is 17.9 Å². The Labute approximate surface area is 231 Å². The van der Waals surface area contributed by atoms with Crippen molar-refractivity contribution >= 4 is 35.7 Å². The summed E-state index contributed by atoms with van der Waals surface area (Å²) in [4.78, 5) is 49.9. The van der Waals surface area contributed by atoms with Crippen LogP contribution in [0.1, 0.15) is 45.7 Å². The number of hydrogen-bond acceptors (Lipinski definition) is 8. The number of esters is 3. The number of carbonyl (C=O) groups is 4. The minimum Gasteiger partial charge on any atom is -0.464 e. The number of amidine groups is 1. The Morgan fingerprint density at radius 2 is 1.45 bits per heavy atom. The Balaban J connectivity index is 1.62. The second-order valence-corrected chi connectivity index (χ2v) is 8.52. The molecule has 0 aliphatic rings. The zero-order chi connectivity index (χ0) is 29.1. The summed E-state index contributed by atoms with van der Waals surface area (Å²) in [5, 5.41) is 9.95. The van der Waals surface area contributed by atoms with E-state index in [4.69, 9.17) is 25.4 Å². The lowest BCUT2D eigenvalue weighted by atomic mass is 10.1. The maximum absolute atomic E-state index is 12.8. The number of ether oxygens (including phenoxy) is 3. The van der Waals surface area contributed by atoms with E-state index in [2.05, 4.69) is 5.32 Å². The number of nitrogens with two attached hydrogens (primary N) is 1. The van der Waals surface area contributed by atoms with Gasteiger partial charge in [-0.3, -0.25) is 10.2 Å². The molecule has 10 nitrogen and oxygen atoms in total. The minimum atomic E-state index is -1.20. The van der Waals surface area contributed by atoms with Gasteiger partial charge in [-0.25, -0.2) is 14.4 Å². The molecule has 0 radical (unpaired) electrons. The molecule has 10 heteroatoms. The number of amides is 1. The van der Waals surface area contributed by atoms with Crippen LogP contribution in [0.5, 0.6) is 5.75 Å². The molecule has 0 spiro atoms. The molecule has 0 unspecified atom stereocenters. The molecule has 0 aromatic heterocycles. The van der Waals surface area contributed by atoms with Gasteiger partial charge in [-0.1, -0.05) is 30.3 Å².